The van der Waals surface area contributed by atoms with Crippen LogP contribution in [0.1, 0.15) is 39.0 Å². The van der Waals surface area contributed by atoms with E-state index in [1.807, 2.05) is 48.7 Å². The summed E-state index contributed by atoms with van der Waals surface area (Å²) in [6.45, 7) is 0.406. The van der Waals surface area contributed by atoms with E-state index in [-0.39, 0.29) is 11.8 Å². The Balaban J connectivity index is 1.68. The number of carbonyl (C=O) groups is 2. The molecule has 1 N–H and O–H groups in total. The molecule has 1 aliphatic rings. The van der Waals surface area contributed by atoms with Gasteiger partial charge in [0.25, 0.3) is 5.91 Å². The maximum Gasteiger partial charge on any atom is 0.254 e. The Morgan fingerprint density at radius 2 is 1.49 bits per heavy atom. The topological polar surface area (TPSA) is 86.3 Å². The molecular formula is C30H34N2O6S. The molecular weight excluding hydrogens is 516 g/mol. The highest BCUT2D eigenvalue weighted by atomic mass is 32.2. The summed E-state index contributed by atoms with van der Waals surface area (Å²) in [6, 6.07) is 16.6. The summed E-state index contributed by atoms with van der Waals surface area (Å²) in [5.74, 6) is 1.17. The van der Waals surface area contributed by atoms with Gasteiger partial charge in [-0.05, 0) is 65.8 Å². The van der Waals surface area contributed by atoms with E-state index in [4.69, 9.17) is 18.9 Å². The zero-order valence-electron chi connectivity index (χ0n) is 23.1. The average Bonchev–Trinajstić information content (AvgIpc) is 2.97. The van der Waals surface area contributed by atoms with Crippen LogP contribution in [0.15, 0.2) is 59.5 Å². The van der Waals surface area contributed by atoms with Crippen molar-refractivity contribution >= 4 is 23.6 Å². The van der Waals surface area contributed by atoms with Crippen LogP contribution in [0.5, 0.6) is 23.0 Å². The lowest BCUT2D eigenvalue weighted by Gasteiger charge is -2.40. The van der Waals surface area contributed by atoms with Crippen LogP contribution in [0.2, 0.25) is 0 Å². The number of hydrogen-bond acceptors (Lipinski definition) is 7. The SMILES string of the molecule is COc1ccc(CCNC(=O)C2c3cc(OC)c(OC)cc3C(=O)N(C)C2c2ccc(SC)cc2)cc1OC. The van der Waals surface area contributed by atoms with Gasteiger partial charge in [-0.15, -0.1) is 11.8 Å². The molecule has 2 unspecified atom stereocenters. The van der Waals surface area contributed by atoms with E-state index in [2.05, 4.69) is 5.32 Å². The second kappa shape index (κ2) is 12.3. The zero-order chi connectivity index (χ0) is 28.1. The Morgan fingerprint density at radius 1 is 0.872 bits per heavy atom. The molecule has 4 rings (SSSR count). The van der Waals surface area contributed by atoms with E-state index in [0.717, 1.165) is 16.0 Å². The highest BCUT2D eigenvalue weighted by Crippen LogP contribution is 2.45. The minimum absolute atomic E-state index is 0.178. The van der Waals surface area contributed by atoms with Crippen molar-refractivity contribution in [1.29, 1.82) is 0 Å². The van der Waals surface area contributed by atoms with Crippen molar-refractivity contribution in [3.8, 4) is 23.0 Å². The van der Waals surface area contributed by atoms with Gasteiger partial charge in [-0.1, -0.05) is 18.2 Å². The molecule has 39 heavy (non-hydrogen) atoms. The number of thioether (sulfide) groups is 1. The smallest absolute Gasteiger partial charge is 0.254 e. The number of fused-ring (bicyclic) bond motifs is 1. The fourth-order valence-corrected chi connectivity index (χ4v) is 5.43. The molecule has 2 amide bonds. The first kappa shape index (κ1) is 28.2. The van der Waals surface area contributed by atoms with Crippen LogP contribution in [0, 0.1) is 0 Å². The minimum atomic E-state index is -0.659. The molecule has 0 saturated carbocycles. The number of nitrogens with one attached hydrogen (secondary N) is 1. The standard InChI is InChI=1S/C30H34N2O6S/c1-32-28(19-8-10-20(39-6)11-9-19)27(21-16-25(37-4)26(38-5)17-22(21)30(32)34)29(33)31-14-13-18-7-12-23(35-2)24(15-18)36-3/h7-12,15-17,27-28H,13-14H2,1-6H3,(H,31,33). The summed E-state index contributed by atoms with van der Waals surface area (Å²) in [4.78, 5) is 30.2. The second-order valence-corrected chi connectivity index (χ2v) is 10.0. The Morgan fingerprint density at radius 3 is 2.10 bits per heavy atom. The predicted octanol–water partition coefficient (Wildman–Crippen LogP) is 4.71. The van der Waals surface area contributed by atoms with E-state index in [0.29, 0.717) is 47.1 Å². The molecule has 2 atom stereocenters. The van der Waals surface area contributed by atoms with Crippen LogP contribution in [0.25, 0.3) is 0 Å². The molecule has 0 saturated heterocycles. The average molecular weight is 551 g/mol. The third-order valence-corrected chi connectivity index (χ3v) is 7.82. The van der Waals surface area contributed by atoms with Crippen molar-refractivity contribution in [3.63, 3.8) is 0 Å². The lowest BCUT2D eigenvalue weighted by Crippen LogP contribution is -2.46. The monoisotopic (exact) mass is 550 g/mol. The molecule has 1 aliphatic heterocycles. The van der Waals surface area contributed by atoms with Gasteiger partial charge in [0.1, 0.15) is 0 Å². The van der Waals surface area contributed by atoms with E-state index in [1.54, 1.807) is 50.1 Å². The van der Waals surface area contributed by atoms with Gasteiger partial charge >= 0.3 is 0 Å². The summed E-state index contributed by atoms with van der Waals surface area (Å²) in [7, 11) is 7.99. The van der Waals surface area contributed by atoms with Gasteiger partial charge in [0, 0.05) is 24.1 Å². The number of rotatable bonds is 10. The zero-order valence-corrected chi connectivity index (χ0v) is 23.9. The van der Waals surface area contributed by atoms with Crippen molar-refractivity contribution in [3.05, 3.63) is 76.9 Å². The quantitative estimate of drug-likeness (QED) is 0.366. The van der Waals surface area contributed by atoms with E-state index >= 15 is 0 Å². The number of carbonyl (C=O) groups excluding carboxylic acids is 2. The second-order valence-electron chi connectivity index (χ2n) is 9.14. The summed E-state index contributed by atoms with van der Waals surface area (Å²) >= 11 is 1.64. The summed E-state index contributed by atoms with van der Waals surface area (Å²) in [5, 5.41) is 3.11. The van der Waals surface area contributed by atoms with Crippen molar-refractivity contribution in [1.82, 2.24) is 10.2 Å². The molecule has 206 valence electrons. The molecule has 0 aromatic heterocycles. The highest BCUT2D eigenvalue weighted by Gasteiger charge is 2.43. The molecule has 0 spiro atoms. The molecule has 9 heteroatoms. The molecule has 0 radical (unpaired) electrons. The Labute approximate surface area is 233 Å². The van der Waals surface area contributed by atoms with Crippen LogP contribution >= 0.6 is 11.8 Å². The van der Waals surface area contributed by atoms with Gasteiger partial charge in [-0.2, -0.15) is 0 Å². The van der Waals surface area contributed by atoms with Crippen molar-refractivity contribution in [2.75, 3.05) is 48.3 Å². The van der Waals surface area contributed by atoms with Gasteiger partial charge in [0.15, 0.2) is 23.0 Å². The lowest BCUT2D eigenvalue weighted by atomic mass is 9.79. The number of nitrogens with zero attached hydrogens (tertiary/aromatic N) is 1. The van der Waals surface area contributed by atoms with Crippen LogP contribution in [-0.4, -0.2) is 65.0 Å². The van der Waals surface area contributed by atoms with E-state index in [1.165, 1.54) is 14.2 Å². The third-order valence-electron chi connectivity index (χ3n) is 7.08. The maximum absolute atomic E-state index is 13.9. The fourth-order valence-electron chi connectivity index (χ4n) is 5.03. The maximum atomic E-state index is 13.9. The van der Waals surface area contributed by atoms with Crippen LogP contribution in [-0.2, 0) is 11.2 Å². The number of benzene rings is 3. The van der Waals surface area contributed by atoms with Crippen LogP contribution in [0.4, 0.5) is 0 Å². The number of hydrogen-bond donors (Lipinski definition) is 1. The predicted molar refractivity (Wildman–Crippen MR) is 152 cm³/mol. The molecule has 3 aromatic carbocycles. The van der Waals surface area contributed by atoms with Crippen molar-refractivity contribution in [2.45, 2.75) is 23.3 Å². The minimum Gasteiger partial charge on any atom is -0.493 e. The Hall–Kier alpha value is -3.85. The lowest BCUT2D eigenvalue weighted by molar-refractivity contribution is -0.124. The molecule has 0 fully saturated rings. The van der Waals surface area contributed by atoms with Gasteiger partial charge in [0.05, 0.1) is 40.4 Å². The molecule has 3 aromatic rings. The van der Waals surface area contributed by atoms with Crippen LogP contribution in [0.3, 0.4) is 0 Å². The third kappa shape index (κ3) is 5.63. The van der Waals surface area contributed by atoms with Gasteiger partial charge in [-0.25, -0.2) is 0 Å². The van der Waals surface area contributed by atoms with Crippen LogP contribution < -0.4 is 24.3 Å². The molecule has 1 heterocycles. The number of likely N-dealkylation sites (N-methyl/N-ethyl adjacent to an activating group) is 1. The van der Waals surface area contributed by atoms with E-state index in [9.17, 15) is 9.59 Å². The molecule has 8 nitrogen and oxygen atoms in total. The van der Waals surface area contributed by atoms with Crippen molar-refractivity contribution < 1.29 is 28.5 Å². The highest BCUT2D eigenvalue weighted by molar-refractivity contribution is 7.98. The summed E-state index contributed by atoms with van der Waals surface area (Å²) in [6.07, 6.45) is 2.61. The largest absolute Gasteiger partial charge is 0.493 e. The fraction of sp³-hybridized carbons (Fsp3) is 0.333. The van der Waals surface area contributed by atoms with Gasteiger partial charge in [0.2, 0.25) is 5.91 Å². The Kier molecular flexibility index (Phi) is 8.91. The molecule has 0 bridgehead atoms. The summed E-state index contributed by atoms with van der Waals surface area (Å²) in [5.41, 5.74) is 2.91. The first-order chi connectivity index (χ1) is 18.9. The molecule has 0 aliphatic carbocycles. The van der Waals surface area contributed by atoms with Crippen molar-refractivity contribution in [2.24, 2.45) is 0 Å². The Bertz CT molecular complexity index is 1340. The normalized spacial score (nSPS) is 16.4. The number of methoxy groups -OCH3 is 4. The first-order valence-corrected chi connectivity index (χ1v) is 13.7. The van der Waals surface area contributed by atoms with Gasteiger partial charge < -0.3 is 29.2 Å². The number of amides is 2. The van der Waals surface area contributed by atoms with Gasteiger partial charge in [-0.3, -0.25) is 9.59 Å². The number of ether oxygens (including phenoxy) is 4. The summed E-state index contributed by atoms with van der Waals surface area (Å²) < 4.78 is 21.7. The first-order valence-electron chi connectivity index (χ1n) is 12.5. The van der Waals surface area contributed by atoms with E-state index < -0.39 is 12.0 Å².